The molecule has 0 aliphatic carbocycles. The Kier molecular flexibility index (Phi) is 4.57. The molecule has 6 heteroatoms. The Labute approximate surface area is 117 Å². The Morgan fingerprint density at radius 1 is 1.50 bits per heavy atom. The van der Waals surface area contributed by atoms with Crippen molar-refractivity contribution in [1.82, 2.24) is 0 Å². The molecule has 6 nitrogen and oxygen atoms in total. The van der Waals surface area contributed by atoms with Gasteiger partial charge in [0, 0.05) is 19.3 Å². The summed E-state index contributed by atoms with van der Waals surface area (Å²) in [5.41, 5.74) is 1.31. The van der Waals surface area contributed by atoms with E-state index in [-0.39, 0.29) is 25.0 Å². The maximum atomic E-state index is 11.9. The summed E-state index contributed by atoms with van der Waals surface area (Å²) >= 11 is 0. The Hall–Kier alpha value is -2.08. The van der Waals surface area contributed by atoms with Crippen LogP contribution in [0.4, 0.5) is 11.4 Å². The van der Waals surface area contributed by atoms with Crippen LogP contribution in [0.3, 0.4) is 0 Å². The summed E-state index contributed by atoms with van der Waals surface area (Å²) in [6, 6.07) is 5.24. The van der Waals surface area contributed by atoms with Gasteiger partial charge in [-0.25, -0.2) is 0 Å². The summed E-state index contributed by atoms with van der Waals surface area (Å²) in [5.74, 6) is 0.347. The normalized spacial score (nSPS) is 13.7. The standard InChI is InChI=1S/C14H18N2O4/c1-3-6-16-11-7-10(15-13(17)8-19-2)4-5-12(11)20-9-14(16)18/h4-5,7H,3,6,8-9H2,1-2H3,(H,15,17). The first-order valence-electron chi connectivity index (χ1n) is 6.51. The molecule has 0 radical (unpaired) electrons. The highest BCUT2D eigenvalue weighted by molar-refractivity contribution is 5.99. The van der Waals surface area contributed by atoms with Gasteiger partial charge in [-0.3, -0.25) is 9.59 Å². The summed E-state index contributed by atoms with van der Waals surface area (Å²) in [7, 11) is 1.46. The average Bonchev–Trinajstić information content (AvgIpc) is 2.42. The van der Waals surface area contributed by atoms with E-state index in [1.165, 1.54) is 7.11 Å². The van der Waals surface area contributed by atoms with Crippen molar-refractivity contribution in [2.24, 2.45) is 0 Å². The van der Waals surface area contributed by atoms with Gasteiger partial charge in [0.2, 0.25) is 5.91 Å². The number of hydrogen-bond acceptors (Lipinski definition) is 4. The Balaban J connectivity index is 2.23. The fourth-order valence-corrected chi connectivity index (χ4v) is 2.08. The van der Waals surface area contributed by atoms with Crippen molar-refractivity contribution in [2.45, 2.75) is 13.3 Å². The van der Waals surface area contributed by atoms with Crippen molar-refractivity contribution in [2.75, 3.05) is 37.1 Å². The van der Waals surface area contributed by atoms with Crippen LogP contribution in [0.25, 0.3) is 0 Å². The van der Waals surface area contributed by atoms with Crippen molar-refractivity contribution in [3.63, 3.8) is 0 Å². The van der Waals surface area contributed by atoms with Gasteiger partial charge in [0.1, 0.15) is 12.4 Å². The van der Waals surface area contributed by atoms with Crippen LogP contribution in [0.5, 0.6) is 5.75 Å². The summed E-state index contributed by atoms with van der Waals surface area (Å²) in [6.45, 7) is 2.69. The Morgan fingerprint density at radius 2 is 2.30 bits per heavy atom. The van der Waals surface area contributed by atoms with E-state index < -0.39 is 0 Å². The number of nitrogens with zero attached hydrogens (tertiary/aromatic N) is 1. The van der Waals surface area contributed by atoms with E-state index in [4.69, 9.17) is 9.47 Å². The first-order chi connectivity index (χ1) is 9.65. The minimum absolute atomic E-state index is 0.00874. The number of nitrogens with one attached hydrogen (secondary N) is 1. The van der Waals surface area contributed by atoms with E-state index in [0.29, 0.717) is 23.7 Å². The van der Waals surface area contributed by atoms with Crippen molar-refractivity contribution >= 4 is 23.2 Å². The summed E-state index contributed by atoms with van der Waals surface area (Å²) in [4.78, 5) is 25.1. The third-order valence-corrected chi connectivity index (χ3v) is 2.91. The second-order valence-electron chi connectivity index (χ2n) is 4.50. The predicted molar refractivity (Wildman–Crippen MR) is 75.1 cm³/mol. The number of amides is 2. The van der Waals surface area contributed by atoms with E-state index in [1.807, 2.05) is 6.92 Å². The molecule has 1 aromatic carbocycles. The molecule has 2 amide bonds. The van der Waals surface area contributed by atoms with Gasteiger partial charge in [-0.1, -0.05) is 6.92 Å². The minimum Gasteiger partial charge on any atom is -0.482 e. The lowest BCUT2D eigenvalue weighted by atomic mass is 10.2. The maximum absolute atomic E-state index is 11.9. The topological polar surface area (TPSA) is 67.9 Å². The number of carbonyl (C=O) groups excluding carboxylic acids is 2. The molecular weight excluding hydrogens is 260 g/mol. The molecule has 1 aliphatic rings. The van der Waals surface area contributed by atoms with Crippen LogP contribution in [0.2, 0.25) is 0 Å². The molecule has 0 atom stereocenters. The van der Waals surface area contributed by atoms with E-state index in [2.05, 4.69) is 5.32 Å². The van der Waals surface area contributed by atoms with Gasteiger partial charge in [-0.15, -0.1) is 0 Å². The predicted octanol–water partition coefficient (Wildman–Crippen LogP) is 1.41. The smallest absolute Gasteiger partial charge is 0.265 e. The number of ether oxygens (including phenoxy) is 2. The molecular formula is C14H18N2O4. The third-order valence-electron chi connectivity index (χ3n) is 2.91. The van der Waals surface area contributed by atoms with Crippen molar-refractivity contribution in [3.05, 3.63) is 18.2 Å². The van der Waals surface area contributed by atoms with Gasteiger partial charge in [0.05, 0.1) is 5.69 Å². The molecule has 2 rings (SSSR count). The zero-order chi connectivity index (χ0) is 14.5. The molecule has 1 aliphatic heterocycles. The zero-order valence-electron chi connectivity index (χ0n) is 11.6. The fourth-order valence-electron chi connectivity index (χ4n) is 2.08. The van der Waals surface area contributed by atoms with E-state index in [1.54, 1.807) is 23.1 Å². The molecule has 1 heterocycles. The van der Waals surface area contributed by atoms with Gasteiger partial charge < -0.3 is 19.7 Å². The molecule has 108 valence electrons. The quantitative estimate of drug-likeness (QED) is 0.884. The fraction of sp³-hybridized carbons (Fsp3) is 0.429. The SMILES string of the molecule is CCCN1C(=O)COc2ccc(NC(=O)COC)cc21. The maximum Gasteiger partial charge on any atom is 0.265 e. The summed E-state index contributed by atoms with van der Waals surface area (Å²) < 4.78 is 10.2. The number of methoxy groups -OCH3 is 1. The molecule has 0 fully saturated rings. The van der Waals surface area contributed by atoms with Gasteiger partial charge in [0.15, 0.2) is 6.61 Å². The highest BCUT2D eigenvalue weighted by atomic mass is 16.5. The van der Waals surface area contributed by atoms with E-state index in [0.717, 1.165) is 6.42 Å². The Morgan fingerprint density at radius 3 is 3.00 bits per heavy atom. The number of rotatable bonds is 5. The first-order valence-corrected chi connectivity index (χ1v) is 6.51. The molecule has 1 N–H and O–H groups in total. The average molecular weight is 278 g/mol. The number of hydrogen-bond donors (Lipinski definition) is 1. The van der Waals surface area contributed by atoms with Gasteiger partial charge in [-0.2, -0.15) is 0 Å². The highest BCUT2D eigenvalue weighted by Gasteiger charge is 2.25. The van der Waals surface area contributed by atoms with Crippen LogP contribution in [0.1, 0.15) is 13.3 Å². The molecule has 0 spiro atoms. The lowest BCUT2D eigenvalue weighted by molar-refractivity contribution is -0.121. The van der Waals surface area contributed by atoms with Gasteiger partial charge in [0.25, 0.3) is 5.91 Å². The van der Waals surface area contributed by atoms with Gasteiger partial charge >= 0.3 is 0 Å². The molecule has 0 bridgehead atoms. The largest absolute Gasteiger partial charge is 0.482 e. The molecule has 0 aromatic heterocycles. The number of fused-ring (bicyclic) bond motifs is 1. The van der Waals surface area contributed by atoms with Crippen LogP contribution in [0.15, 0.2) is 18.2 Å². The van der Waals surface area contributed by atoms with Crippen LogP contribution < -0.4 is 15.0 Å². The van der Waals surface area contributed by atoms with E-state index >= 15 is 0 Å². The first kappa shape index (κ1) is 14.3. The second-order valence-corrected chi connectivity index (χ2v) is 4.50. The number of carbonyl (C=O) groups is 2. The minimum atomic E-state index is -0.238. The lowest BCUT2D eigenvalue weighted by Crippen LogP contribution is -2.39. The number of anilines is 2. The van der Waals surface area contributed by atoms with Crippen LogP contribution in [-0.2, 0) is 14.3 Å². The van der Waals surface area contributed by atoms with E-state index in [9.17, 15) is 9.59 Å². The molecule has 1 aromatic rings. The second kappa shape index (κ2) is 6.38. The van der Waals surface area contributed by atoms with Crippen molar-refractivity contribution in [3.8, 4) is 5.75 Å². The van der Waals surface area contributed by atoms with Crippen LogP contribution >= 0.6 is 0 Å². The van der Waals surface area contributed by atoms with Gasteiger partial charge in [-0.05, 0) is 24.6 Å². The monoisotopic (exact) mass is 278 g/mol. The summed E-state index contributed by atoms with van der Waals surface area (Å²) in [6.07, 6.45) is 0.853. The number of benzene rings is 1. The van der Waals surface area contributed by atoms with Crippen LogP contribution in [0, 0.1) is 0 Å². The lowest BCUT2D eigenvalue weighted by Gasteiger charge is -2.29. The molecule has 0 saturated carbocycles. The molecule has 0 saturated heterocycles. The zero-order valence-corrected chi connectivity index (χ0v) is 11.6. The summed E-state index contributed by atoms with van der Waals surface area (Å²) in [5, 5.41) is 2.71. The van der Waals surface area contributed by atoms with Crippen LogP contribution in [-0.4, -0.2) is 38.7 Å². The Bertz CT molecular complexity index is 516. The van der Waals surface area contributed by atoms with Crippen molar-refractivity contribution < 1.29 is 19.1 Å². The molecule has 0 unspecified atom stereocenters. The van der Waals surface area contributed by atoms with Crippen molar-refractivity contribution in [1.29, 1.82) is 0 Å². The molecule has 20 heavy (non-hydrogen) atoms. The highest BCUT2D eigenvalue weighted by Crippen LogP contribution is 2.34. The third kappa shape index (κ3) is 3.08.